The first kappa shape index (κ1) is 14.6. The van der Waals surface area contributed by atoms with Gasteiger partial charge in [-0.25, -0.2) is 0 Å². The van der Waals surface area contributed by atoms with E-state index in [2.05, 4.69) is 0 Å². The topological polar surface area (TPSA) is 53.7 Å². The molecule has 0 aliphatic carbocycles. The van der Waals surface area contributed by atoms with Crippen LogP contribution in [0.2, 0.25) is 0 Å². The average Bonchev–Trinajstić information content (AvgIpc) is 2.89. The molecule has 22 heavy (non-hydrogen) atoms. The van der Waals surface area contributed by atoms with E-state index in [0.717, 1.165) is 27.3 Å². The summed E-state index contributed by atoms with van der Waals surface area (Å²) in [6.45, 7) is 4.59. The lowest BCUT2D eigenvalue weighted by Gasteiger charge is -2.18. The van der Waals surface area contributed by atoms with Crippen LogP contribution in [0.4, 0.5) is 0 Å². The molecule has 1 amide bonds. The van der Waals surface area contributed by atoms with Crippen LogP contribution in [0.15, 0.2) is 40.8 Å². The predicted molar refractivity (Wildman–Crippen MR) is 87.1 cm³/mol. The number of aliphatic hydroxyl groups excluding tert-OH is 1. The Morgan fingerprint density at radius 1 is 1.18 bits per heavy atom. The molecule has 0 saturated heterocycles. The van der Waals surface area contributed by atoms with Crippen LogP contribution in [0.5, 0.6) is 0 Å². The van der Waals surface area contributed by atoms with Crippen LogP contribution < -0.4 is 0 Å². The lowest BCUT2D eigenvalue weighted by Crippen LogP contribution is -2.33. The second-order valence-corrected chi connectivity index (χ2v) is 5.33. The Hall–Kier alpha value is -2.33. The van der Waals surface area contributed by atoms with Gasteiger partial charge in [0.25, 0.3) is 5.91 Å². The van der Waals surface area contributed by atoms with Crippen molar-refractivity contribution in [2.24, 2.45) is 0 Å². The van der Waals surface area contributed by atoms with Crippen molar-refractivity contribution in [2.45, 2.75) is 13.8 Å². The zero-order valence-corrected chi connectivity index (χ0v) is 12.8. The highest BCUT2D eigenvalue weighted by atomic mass is 16.3. The van der Waals surface area contributed by atoms with Crippen LogP contribution in [-0.2, 0) is 0 Å². The molecule has 1 N–H and O–H groups in total. The average molecular weight is 297 g/mol. The number of rotatable bonds is 4. The van der Waals surface area contributed by atoms with E-state index in [1.807, 2.05) is 50.2 Å². The van der Waals surface area contributed by atoms with Gasteiger partial charge in [0.15, 0.2) is 5.76 Å². The smallest absolute Gasteiger partial charge is 0.289 e. The fourth-order valence-electron chi connectivity index (χ4n) is 2.82. The van der Waals surface area contributed by atoms with Crippen molar-refractivity contribution in [2.75, 3.05) is 19.7 Å². The van der Waals surface area contributed by atoms with Gasteiger partial charge in [-0.15, -0.1) is 0 Å². The SMILES string of the molecule is CCN(CCO)C(=O)c1oc2c(ccc3ccccc32)c1C. The number of likely N-dealkylation sites (N-methyl/N-ethyl adjacent to an activating group) is 1. The summed E-state index contributed by atoms with van der Waals surface area (Å²) < 4.78 is 5.93. The van der Waals surface area contributed by atoms with Gasteiger partial charge in [0.05, 0.1) is 6.61 Å². The second kappa shape index (κ2) is 5.81. The molecule has 4 heteroatoms. The Morgan fingerprint density at radius 2 is 1.95 bits per heavy atom. The number of carbonyl (C=O) groups excluding carboxylic acids is 1. The van der Waals surface area contributed by atoms with Crippen LogP contribution in [0, 0.1) is 6.92 Å². The fourth-order valence-corrected chi connectivity index (χ4v) is 2.82. The summed E-state index contributed by atoms with van der Waals surface area (Å²) in [5, 5.41) is 12.1. The third-order valence-corrected chi connectivity index (χ3v) is 4.06. The quantitative estimate of drug-likeness (QED) is 0.803. The van der Waals surface area contributed by atoms with Crippen LogP contribution in [0.25, 0.3) is 21.7 Å². The zero-order chi connectivity index (χ0) is 15.7. The van der Waals surface area contributed by atoms with E-state index in [9.17, 15) is 4.79 Å². The van der Waals surface area contributed by atoms with Gasteiger partial charge >= 0.3 is 0 Å². The van der Waals surface area contributed by atoms with E-state index in [1.54, 1.807) is 4.90 Å². The number of benzene rings is 2. The number of aryl methyl sites for hydroxylation is 1. The van der Waals surface area contributed by atoms with E-state index in [1.165, 1.54) is 0 Å². The maximum atomic E-state index is 12.6. The summed E-state index contributed by atoms with van der Waals surface area (Å²) in [6.07, 6.45) is 0. The number of amides is 1. The molecule has 3 rings (SSSR count). The molecule has 3 aromatic rings. The Kier molecular flexibility index (Phi) is 3.86. The number of fused-ring (bicyclic) bond motifs is 3. The third-order valence-electron chi connectivity index (χ3n) is 4.06. The van der Waals surface area contributed by atoms with Gasteiger partial charge in [0.2, 0.25) is 0 Å². The van der Waals surface area contributed by atoms with Gasteiger partial charge < -0.3 is 14.4 Å². The molecular formula is C18H19NO3. The molecule has 0 fully saturated rings. The number of nitrogens with zero attached hydrogens (tertiary/aromatic N) is 1. The van der Waals surface area contributed by atoms with Crippen molar-refractivity contribution in [3.8, 4) is 0 Å². The first-order valence-corrected chi connectivity index (χ1v) is 7.48. The highest BCUT2D eigenvalue weighted by Crippen LogP contribution is 2.32. The Morgan fingerprint density at radius 3 is 2.68 bits per heavy atom. The first-order valence-electron chi connectivity index (χ1n) is 7.48. The molecule has 2 aromatic carbocycles. The van der Waals surface area contributed by atoms with Crippen molar-refractivity contribution in [1.29, 1.82) is 0 Å². The number of furan rings is 1. The highest BCUT2D eigenvalue weighted by molar-refractivity contribution is 6.08. The molecule has 0 saturated carbocycles. The van der Waals surface area contributed by atoms with Crippen LogP contribution in [0.1, 0.15) is 23.0 Å². The van der Waals surface area contributed by atoms with E-state index in [-0.39, 0.29) is 12.5 Å². The fraction of sp³-hybridized carbons (Fsp3) is 0.278. The van der Waals surface area contributed by atoms with Crippen molar-refractivity contribution in [3.05, 3.63) is 47.7 Å². The number of hydrogen-bond acceptors (Lipinski definition) is 3. The molecule has 0 aliphatic rings. The molecule has 0 aliphatic heterocycles. The van der Waals surface area contributed by atoms with E-state index in [0.29, 0.717) is 18.8 Å². The molecule has 0 bridgehead atoms. The highest BCUT2D eigenvalue weighted by Gasteiger charge is 2.22. The van der Waals surface area contributed by atoms with E-state index in [4.69, 9.17) is 9.52 Å². The Balaban J connectivity index is 2.17. The summed E-state index contributed by atoms with van der Waals surface area (Å²) in [6, 6.07) is 12.0. The van der Waals surface area contributed by atoms with Gasteiger partial charge in [-0.05, 0) is 19.2 Å². The lowest BCUT2D eigenvalue weighted by molar-refractivity contribution is 0.0702. The van der Waals surface area contributed by atoms with Crippen molar-refractivity contribution < 1.29 is 14.3 Å². The maximum Gasteiger partial charge on any atom is 0.289 e. The summed E-state index contributed by atoms with van der Waals surface area (Å²) in [5.41, 5.74) is 1.60. The van der Waals surface area contributed by atoms with Crippen LogP contribution in [0.3, 0.4) is 0 Å². The van der Waals surface area contributed by atoms with Gasteiger partial charge in [0.1, 0.15) is 5.58 Å². The van der Waals surface area contributed by atoms with Crippen molar-refractivity contribution in [3.63, 3.8) is 0 Å². The molecule has 1 aromatic heterocycles. The van der Waals surface area contributed by atoms with Crippen LogP contribution >= 0.6 is 0 Å². The van der Waals surface area contributed by atoms with E-state index < -0.39 is 0 Å². The minimum absolute atomic E-state index is 0.0538. The lowest BCUT2D eigenvalue weighted by atomic mass is 10.1. The largest absolute Gasteiger partial charge is 0.450 e. The predicted octanol–water partition coefficient (Wildman–Crippen LogP) is 3.35. The normalized spacial score (nSPS) is 11.2. The Bertz CT molecular complexity index is 835. The number of hydrogen-bond donors (Lipinski definition) is 1. The maximum absolute atomic E-state index is 12.6. The third kappa shape index (κ3) is 2.25. The minimum Gasteiger partial charge on any atom is -0.450 e. The molecule has 0 radical (unpaired) electrons. The minimum atomic E-state index is -0.172. The van der Waals surface area contributed by atoms with Gasteiger partial charge in [-0.1, -0.05) is 36.4 Å². The standard InChI is InChI=1S/C18H19NO3/c1-3-19(10-11-20)18(21)16-12(2)14-9-8-13-6-4-5-7-15(13)17(14)22-16/h4-9,20H,3,10-11H2,1-2H3. The van der Waals surface area contributed by atoms with Crippen molar-refractivity contribution in [1.82, 2.24) is 4.90 Å². The molecule has 114 valence electrons. The van der Waals surface area contributed by atoms with Crippen LogP contribution in [-0.4, -0.2) is 35.6 Å². The van der Waals surface area contributed by atoms with E-state index >= 15 is 0 Å². The molecule has 0 atom stereocenters. The summed E-state index contributed by atoms with van der Waals surface area (Å²) >= 11 is 0. The molecule has 4 nitrogen and oxygen atoms in total. The van der Waals surface area contributed by atoms with Gasteiger partial charge in [-0.2, -0.15) is 0 Å². The van der Waals surface area contributed by atoms with Crippen molar-refractivity contribution >= 4 is 27.6 Å². The number of carbonyl (C=O) groups is 1. The summed E-state index contributed by atoms with van der Waals surface area (Å²) in [7, 11) is 0. The zero-order valence-electron chi connectivity index (χ0n) is 12.8. The van der Waals surface area contributed by atoms with Gasteiger partial charge in [0, 0.05) is 29.4 Å². The molecule has 1 heterocycles. The monoisotopic (exact) mass is 297 g/mol. The molecular weight excluding hydrogens is 278 g/mol. The number of aliphatic hydroxyl groups is 1. The molecule has 0 unspecified atom stereocenters. The molecule has 0 spiro atoms. The summed E-state index contributed by atoms with van der Waals surface area (Å²) in [4.78, 5) is 14.2. The first-order chi connectivity index (χ1) is 10.7. The Labute approximate surface area is 128 Å². The summed E-state index contributed by atoms with van der Waals surface area (Å²) in [5.74, 6) is 0.191. The second-order valence-electron chi connectivity index (χ2n) is 5.33. The van der Waals surface area contributed by atoms with Gasteiger partial charge in [-0.3, -0.25) is 4.79 Å².